The number of aromatic nitrogens is 2. The minimum Gasteiger partial charge on any atom is -0.272 e. The van der Waals surface area contributed by atoms with Crippen LogP contribution in [0.5, 0.6) is 0 Å². The van der Waals surface area contributed by atoms with Crippen LogP contribution in [0.3, 0.4) is 0 Å². The zero-order valence-corrected chi connectivity index (χ0v) is 11.4. The number of rotatable bonds is 2. The Kier molecular flexibility index (Phi) is 3.43. The molecule has 2 rings (SSSR count). The highest BCUT2D eigenvalue weighted by atomic mass is 79.9. The SMILES string of the molecule is Cc1cc(C)n(C(=O)Cc2ccc(Br)cc2)n1. The quantitative estimate of drug-likeness (QED) is 0.852. The molecule has 0 fully saturated rings. The van der Waals surface area contributed by atoms with E-state index in [0.717, 1.165) is 21.4 Å². The number of hydrogen-bond acceptors (Lipinski definition) is 2. The number of aryl methyl sites for hydroxylation is 2. The van der Waals surface area contributed by atoms with Crippen LogP contribution in [0.1, 0.15) is 21.7 Å². The standard InChI is InChI=1S/C13H13BrN2O/c1-9-7-10(2)16(15-9)13(17)8-11-3-5-12(14)6-4-11/h3-7H,8H2,1-2H3. The summed E-state index contributed by atoms with van der Waals surface area (Å²) in [6.07, 6.45) is 0.370. The normalized spacial score (nSPS) is 10.5. The molecule has 17 heavy (non-hydrogen) atoms. The molecule has 0 bridgehead atoms. The summed E-state index contributed by atoms with van der Waals surface area (Å²) >= 11 is 3.37. The second-order valence-corrected chi connectivity index (χ2v) is 4.95. The van der Waals surface area contributed by atoms with Crippen LogP contribution in [0.15, 0.2) is 34.8 Å². The molecule has 0 N–H and O–H groups in total. The molecule has 0 aliphatic carbocycles. The van der Waals surface area contributed by atoms with Crippen molar-refractivity contribution in [3.8, 4) is 0 Å². The molecule has 0 atom stereocenters. The molecule has 0 saturated heterocycles. The second kappa shape index (κ2) is 4.84. The van der Waals surface area contributed by atoms with Crippen molar-refractivity contribution in [1.29, 1.82) is 0 Å². The van der Waals surface area contributed by atoms with Crippen LogP contribution < -0.4 is 0 Å². The molecule has 0 radical (unpaired) electrons. The van der Waals surface area contributed by atoms with Gasteiger partial charge < -0.3 is 0 Å². The molecule has 0 saturated carbocycles. The van der Waals surface area contributed by atoms with Crippen LogP contribution in [-0.4, -0.2) is 15.7 Å². The molecular weight excluding hydrogens is 280 g/mol. The van der Waals surface area contributed by atoms with Gasteiger partial charge in [-0.05, 0) is 37.6 Å². The summed E-state index contributed by atoms with van der Waals surface area (Å²) in [5, 5.41) is 4.18. The van der Waals surface area contributed by atoms with Gasteiger partial charge in [-0.3, -0.25) is 4.79 Å². The number of carbonyl (C=O) groups is 1. The molecular formula is C13H13BrN2O. The van der Waals surface area contributed by atoms with Gasteiger partial charge in [0.1, 0.15) is 0 Å². The Balaban J connectivity index is 2.17. The van der Waals surface area contributed by atoms with Crippen molar-refractivity contribution in [1.82, 2.24) is 9.78 Å². The average Bonchev–Trinajstić information content (AvgIpc) is 2.61. The van der Waals surface area contributed by atoms with E-state index in [1.54, 1.807) is 0 Å². The van der Waals surface area contributed by atoms with E-state index in [1.807, 2.05) is 44.2 Å². The zero-order chi connectivity index (χ0) is 12.4. The van der Waals surface area contributed by atoms with Gasteiger partial charge >= 0.3 is 0 Å². The third-order valence-corrected chi connectivity index (χ3v) is 3.04. The van der Waals surface area contributed by atoms with E-state index in [1.165, 1.54) is 4.68 Å². The Hall–Kier alpha value is -1.42. The molecule has 0 amide bonds. The van der Waals surface area contributed by atoms with Crippen molar-refractivity contribution in [2.45, 2.75) is 20.3 Å². The number of hydrogen-bond donors (Lipinski definition) is 0. The van der Waals surface area contributed by atoms with E-state index in [-0.39, 0.29) is 5.91 Å². The molecule has 0 spiro atoms. The summed E-state index contributed by atoms with van der Waals surface area (Å²) in [4.78, 5) is 12.0. The van der Waals surface area contributed by atoms with Crippen molar-refractivity contribution >= 4 is 21.8 Å². The van der Waals surface area contributed by atoms with E-state index in [9.17, 15) is 4.79 Å². The molecule has 1 heterocycles. The smallest absolute Gasteiger partial charge is 0.251 e. The predicted octanol–water partition coefficient (Wildman–Crippen LogP) is 3.15. The van der Waals surface area contributed by atoms with E-state index in [0.29, 0.717) is 6.42 Å². The fourth-order valence-corrected chi connectivity index (χ4v) is 2.00. The third-order valence-electron chi connectivity index (χ3n) is 2.51. The van der Waals surface area contributed by atoms with Crippen LogP contribution >= 0.6 is 15.9 Å². The number of benzene rings is 1. The first kappa shape index (κ1) is 12.0. The largest absolute Gasteiger partial charge is 0.272 e. The van der Waals surface area contributed by atoms with E-state index < -0.39 is 0 Å². The lowest BCUT2D eigenvalue weighted by molar-refractivity contribution is 0.0895. The van der Waals surface area contributed by atoms with E-state index in [2.05, 4.69) is 21.0 Å². The zero-order valence-electron chi connectivity index (χ0n) is 9.77. The van der Waals surface area contributed by atoms with Crippen molar-refractivity contribution in [2.24, 2.45) is 0 Å². The predicted molar refractivity (Wildman–Crippen MR) is 70.2 cm³/mol. The highest BCUT2D eigenvalue weighted by molar-refractivity contribution is 9.10. The van der Waals surface area contributed by atoms with E-state index in [4.69, 9.17) is 0 Å². The van der Waals surface area contributed by atoms with Gasteiger partial charge in [0.2, 0.25) is 0 Å². The number of halogens is 1. The van der Waals surface area contributed by atoms with Gasteiger partial charge in [0.15, 0.2) is 0 Å². The topological polar surface area (TPSA) is 34.9 Å². The summed E-state index contributed by atoms with van der Waals surface area (Å²) in [6.45, 7) is 3.77. The summed E-state index contributed by atoms with van der Waals surface area (Å²) < 4.78 is 2.48. The Morgan fingerprint density at radius 1 is 1.29 bits per heavy atom. The molecule has 4 heteroatoms. The molecule has 0 aliphatic heterocycles. The Morgan fingerprint density at radius 2 is 1.94 bits per heavy atom. The molecule has 1 aromatic carbocycles. The molecule has 88 valence electrons. The van der Waals surface area contributed by atoms with Crippen LogP contribution in [0.4, 0.5) is 0 Å². The number of nitrogens with zero attached hydrogens (tertiary/aromatic N) is 2. The maximum Gasteiger partial charge on any atom is 0.251 e. The van der Waals surface area contributed by atoms with Gasteiger partial charge in [-0.1, -0.05) is 28.1 Å². The summed E-state index contributed by atoms with van der Waals surface area (Å²) in [7, 11) is 0. The number of carbonyl (C=O) groups excluding carboxylic acids is 1. The minimum atomic E-state index is -0.00192. The lowest BCUT2D eigenvalue weighted by Crippen LogP contribution is -2.16. The van der Waals surface area contributed by atoms with Crippen molar-refractivity contribution in [3.05, 3.63) is 51.8 Å². The van der Waals surface area contributed by atoms with Crippen LogP contribution in [0.25, 0.3) is 0 Å². The van der Waals surface area contributed by atoms with Gasteiger partial charge in [0.25, 0.3) is 5.91 Å². The molecule has 3 nitrogen and oxygen atoms in total. The van der Waals surface area contributed by atoms with Crippen LogP contribution in [0.2, 0.25) is 0 Å². The first-order valence-corrected chi connectivity index (χ1v) is 6.16. The molecule has 0 aliphatic rings. The maximum absolute atomic E-state index is 12.0. The Bertz CT molecular complexity index is 543. The Labute approximate surface area is 109 Å². The molecule has 2 aromatic rings. The summed E-state index contributed by atoms with van der Waals surface area (Å²) in [5.74, 6) is -0.00192. The highest BCUT2D eigenvalue weighted by Crippen LogP contribution is 2.12. The van der Waals surface area contributed by atoms with Crippen molar-refractivity contribution < 1.29 is 4.79 Å². The van der Waals surface area contributed by atoms with Crippen molar-refractivity contribution in [3.63, 3.8) is 0 Å². The van der Waals surface area contributed by atoms with Gasteiger partial charge in [0, 0.05) is 10.2 Å². The van der Waals surface area contributed by atoms with Gasteiger partial charge in [0.05, 0.1) is 12.1 Å². The molecule has 0 unspecified atom stereocenters. The fourth-order valence-electron chi connectivity index (χ4n) is 1.73. The Morgan fingerprint density at radius 3 is 2.47 bits per heavy atom. The van der Waals surface area contributed by atoms with Crippen molar-refractivity contribution in [2.75, 3.05) is 0 Å². The lowest BCUT2D eigenvalue weighted by atomic mass is 10.1. The van der Waals surface area contributed by atoms with Gasteiger partial charge in [-0.2, -0.15) is 5.10 Å². The second-order valence-electron chi connectivity index (χ2n) is 4.04. The average molecular weight is 293 g/mol. The van der Waals surface area contributed by atoms with Gasteiger partial charge in [-0.15, -0.1) is 0 Å². The third kappa shape index (κ3) is 2.82. The van der Waals surface area contributed by atoms with Crippen LogP contribution in [-0.2, 0) is 6.42 Å². The lowest BCUT2D eigenvalue weighted by Gasteiger charge is -2.03. The first-order chi connectivity index (χ1) is 8.06. The van der Waals surface area contributed by atoms with E-state index >= 15 is 0 Å². The van der Waals surface area contributed by atoms with Gasteiger partial charge in [-0.25, -0.2) is 4.68 Å². The summed E-state index contributed by atoms with van der Waals surface area (Å²) in [5.41, 5.74) is 2.74. The highest BCUT2D eigenvalue weighted by Gasteiger charge is 2.10. The van der Waals surface area contributed by atoms with Crippen LogP contribution in [0, 0.1) is 13.8 Å². The fraction of sp³-hybridized carbons (Fsp3) is 0.231. The minimum absolute atomic E-state index is 0.00192. The summed E-state index contributed by atoms with van der Waals surface area (Å²) in [6, 6.07) is 9.65. The maximum atomic E-state index is 12.0. The monoisotopic (exact) mass is 292 g/mol. The first-order valence-electron chi connectivity index (χ1n) is 5.37. The molecule has 1 aromatic heterocycles.